The lowest BCUT2D eigenvalue weighted by atomic mass is 9.99. The Balaban J connectivity index is 2.26. The third kappa shape index (κ3) is 5.40. The monoisotopic (exact) mass is 417 g/mol. The molecule has 0 unspecified atom stereocenters. The summed E-state index contributed by atoms with van der Waals surface area (Å²) >= 11 is 0. The van der Waals surface area contributed by atoms with Gasteiger partial charge in [0.05, 0.1) is 0 Å². The van der Waals surface area contributed by atoms with Gasteiger partial charge in [-0.2, -0.15) is 0 Å². The molecule has 0 aliphatic rings. The van der Waals surface area contributed by atoms with Crippen molar-refractivity contribution in [3.63, 3.8) is 0 Å². The second kappa shape index (κ2) is 10.3. The van der Waals surface area contributed by atoms with Crippen LogP contribution >= 0.6 is 0 Å². The molecule has 2 rings (SSSR count). The van der Waals surface area contributed by atoms with E-state index >= 15 is 0 Å². The van der Waals surface area contributed by atoms with Crippen LogP contribution in [0.1, 0.15) is 58.1 Å². The van der Waals surface area contributed by atoms with Crippen molar-refractivity contribution in [3.8, 4) is 5.75 Å². The van der Waals surface area contributed by atoms with Gasteiger partial charge in [0.25, 0.3) is 5.91 Å². The second-order valence-corrected chi connectivity index (χ2v) is 7.73. The number of carbonyl (C=O) groups is 2. The van der Waals surface area contributed by atoms with E-state index in [0.29, 0.717) is 23.3 Å². The lowest BCUT2D eigenvalue weighted by Crippen LogP contribution is -2.49. The van der Waals surface area contributed by atoms with E-state index in [9.17, 15) is 19.5 Å². The maximum Gasteiger partial charge on any atom is 0.336 e. The Bertz CT molecular complexity index is 964. The van der Waals surface area contributed by atoms with E-state index in [1.807, 2.05) is 13.0 Å². The molecule has 2 aromatic rings. The predicted octanol–water partition coefficient (Wildman–Crippen LogP) is 3.83. The van der Waals surface area contributed by atoms with Gasteiger partial charge >= 0.3 is 11.6 Å². The number of rotatable bonds is 10. The number of fused-ring (bicyclic) bond motifs is 1. The summed E-state index contributed by atoms with van der Waals surface area (Å²) < 4.78 is 11.2. The van der Waals surface area contributed by atoms with Crippen LogP contribution in [0.2, 0.25) is 0 Å². The summed E-state index contributed by atoms with van der Waals surface area (Å²) in [5.41, 5.74) is 1.58. The van der Waals surface area contributed by atoms with Gasteiger partial charge in [0.2, 0.25) is 0 Å². The van der Waals surface area contributed by atoms with Crippen molar-refractivity contribution in [3.05, 3.63) is 39.7 Å². The molecule has 0 radical (unpaired) electrons. The smallest absolute Gasteiger partial charge is 0.336 e. The van der Waals surface area contributed by atoms with Gasteiger partial charge in [-0.05, 0) is 50.3 Å². The molecule has 0 saturated heterocycles. The van der Waals surface area contributed by atoms with Gasteiger partial charge in [0, 0.05) is 17.0 Å². The minimum atomic E-state index is -1.08. The summed E-state index contributed by atoms with van der Waals surface area (Å²) in [5, 5.41) is 12.8. The molecule has 0 bridgehead atoms. The number of aliphatic carboxylic acids is 1. The molecule has 0 fully saturated rings. The first-order valence-electron chi connectivity index (χ1n) is 10.5. The van der Waals surface area contributed by atoms with Crippen molar-refractivity contribution in [1.82, 2.24) is 5.32 Å². The Morgan fingerprint density at radius 2 is 1.93 bits per heavy atom. The summed E-state index contributed by atoms with van der Waals surface area (Å²) in [7, 11) is 0. The molecule has 0 aliphatic carbocycles. The zero-order valence-electron chi connectivity index (χ0n) is 18.3. The van der Waals surface area contributed by atoms with Gasteiger partial charge in [-0.25, -0.2) is 9.59 Å². The summed E-state index contributed by atoms with van der Waals surface area (Å²) in [4.78, 5) is 36.0. The minimum absolute atomic E-state index is 0.211. The number of carboxylic acids is 1. The first-order valence-corrected chi connectivity index (χ1v) is 10.5. The maximum atomic E-state index is 12.5. The van der Waals surface area contributed by atoms with E-state index in [4.69, 9.17) is 9.15 Å². The number of unbranched alkanes of at least 4 members (excludes halogenated alkanes) is 1. The van der Waals surface area contributed by atoms with E-state index in [-0.39, 0.29) is 5.92 Å². The molecule has 164 valence electrons. The van der Waals surface area contributed by atoms with Crippen LogP contribution in [0.5, 0.6) is 5.75 Å². The van der Waals surface area contributed by atoms with Crippen molar-refractivity contribution < 1.29 is 23.8 Å². The third-order valence-electron chi connectivity index (χ3n) is 5.45. The molecule has 7 nitrogen and oxygen atoms in total. The van der Waals surface area contributed by atoms with Crippen LogP contribution in [0.4, 0.5) is 0 Å². The van der Waals surface area contributed by atoms with Crippen molar-refractivity contribution in [1.29, 1.82) is 0 Å². The topological polar surface area (TPSA) is 106 Å². The highest BCUT2D eigenvalue weighted by Gasteiger charge is 2.28. The number of hydrogen-bond acceptors (Lipinski definition) is 5. The highest BCUT2D eigenvalue weighted by Crippen LogP contribution is 2.29. The average molecular weight is 418 g/mol. The first kappa shape index (κ1) is 23.4. The molecule has 0 aliphatic heterocycles. The Hall–Kier alpha value is -2.83. The van der Waals surface area contributed by atoms with E-state index in [2.05, 4.69) is 12.2 Å². The molecular formula is C23H31NO6. The van der Waals surface area contributed by atoms with Crippen molar-refractivity contribution in [2.24, 2.45) is 5.92 Å². The van der Waals surface area contributed by atoms with E-state index in [1.165, 1.54) is 6.07 Å². The number of benzene rings is 1. The minimum Gasteiger partial charge on any atom is -0.480 e. The molecule has 0 saturated carbocycles. The largest absolute Gasteiger partial charge is 0.480 e. The molecule has 2 N–H and O–H groups in total. The number of carboxylic acid groups (broad SMARTS) is 1. The summed E-state index contributed by atoms with van der Waals surface area (Å²) in [6.45, 7) is 9.06. The lowest BCUT2D eigenvalue weighted by Gasteiger charge is -2.23. The molecule has 0 spiro atoms. The third-order valence-corrected chi connectivity index (χ3v) is 5.45. The van der Waals surface area contributed by atoms with Gasteiger partial charge in [0.15, 0.2) is 6.10 Å². The normalized spacial score (nSPS) is 14.2. The Morgan fingerprint density at radius 1 is 1.23 bits per heavy atom. The van der Waals surface area contributed by atoms with Crippen LogP contribution in [-0.4, -0.2) is 29.1 Å². The van der Waals surface area contributed by atoms with E-state index in [0.717, 1.165) is 30.2 Å². The highest BCUT2D eigenvalue weighted by molar-refractivity contribution is 5.87. The molecule has 1 amide bonds. The summed E-state index contributed by atoms with van der Waals surface area (Å²) in [5.74, 6) is -1.39. The second-order valence-electron chi connectivity index (χ2n) is 7.73. The fourth-order valence-corrected chi connectivity index (χ4v) is 3.31. The van der Waals surface area contributed by atoms with Gasteiger partial charge in [-0.3, -0.25) is 4.79 Å². The molecule has 1 heterocycles. The van der Waals surface area contributed by atoms with Crippen molar-refractivity contribution in [2.75, 3.05) is 0 Å². The zero-order valence-corrected chi connectivity index (χ0v) is 18.3. The number of nitrogens with one attached hydrogen (secondary N) is 1. The van der Waals surface area contributed by atoms with E-state index in [1.54, 1.807) is 26.8 Å². The quantitative estimate of drug-likeness (QED) is 0.569. The highest BCUT2D eigenvalue weighted by atomic mass is 16.5. The van der Waals surface area contributed by atoms with Crippen LogP contribution in [0, 0.1) is 12.8 Å². The van der Waals surface area contributed by atoms with Crippen LogP contribution in [-0.2, 0) is 16.0 Å². The molecule has 30 heavy (non-hydrogen) atoms. The maximum absolute atomic E-state index is 12.5. The summed E-state index contributed by atoms with van der Waals surface area (Å²) in [6.07, 6.45) is 2.47. The molecule has 1 aromatic carbocycles. The van der Waals surface area contributed by atoms with Gasteiger partial charge in [-0.15, -0.1) is 0 Å². The fourth-order valence-electron chi connectivity index (χ4n) is 3.31. The molecular weight excluding hydrogens is 386 g/mol. The lowest BCUT2D eigenvalue weighted by molar-refractivity contribution is -0.144. The first-order chi connectivity index (χ1) is 14.2. The number of carbonyl (C=O) groups excluding carboxylic acids is 1. The standard InChI is InChI=1S/C23H31NO6/c1-6-8-9-16-12-19(25)30-21-14(4)18(11-10-17(16)21)29-15(5)22(26)24-20(23(27)28)13(3)7-2/h10-13,15,20H,6-9H2,1-5H3,(H,24,26)(H,27,28)/t13-,15-,20-/m1/s1. The predicted molar refractivity (Wildman–Crippen MR) is 115 cm³/mol. The SMILES string of the molecule is CCCCc1cc(=O)oc2c(C)c(O[C@H](C)C(=O)N[C@@H](C(=O)O)[C@H](C)CC)ccc12. The van der Waals surface area contributed by atoms with Crippen molar-refractivity contribution in [2.45, 2.75) is 72.4 Å². The van der Waals surface area contributed by atoms with Crippen LogP contribution in [0.25, 0.3) is 11.0 Å². The number of aryl methyl sites for hydroxylation is 2. The van der Waals surface area contributed by atoms with Crippen LogP contribution < -0.4 is 15.7 Å². The van der Waals surface area contributed by atoms with Gasteiger partial charge in [-0.1, -0.05) is 33.6 Å². The molecule has 1 aromatic heterocycles. The molecule has 7 heteroatoms. The molecule has 3 atom stereocenters. The average Bonchev–Trinajstić information content (AvgIpc) is 2.71. The van der Waals surface area contributed by atoms with Crippen molar-refractivity contribution >= 4 is 22.8 Å². The van der Waals surface area contributed by atoms with Crippen LogP contribution in [0.3, 0.4) is 0 Å². The number of amides is 1. The fraction of sp³-hybridized carbons (Fsp3) is 0.522. The number of hydrogen-bond donors (Lipinski definition) is 2. The Kier molecular flexibility index (Phi) is 8.03. The Morgan fingerprint density at radius 3 is 2.53 bits per heavy atom. The van der Waals surface area contributed by atoms with Gasteiger partial charge in [0.1, 0.15) is 17.4 Å². The summed E-state index contributed by atoms with van der Waals surface area (Å²) in [6, 6.07) is 4.12. The van der Waals surface area contributed by atoms with Gasteiger partial charge < -0.3 is 19.6 Å². The number of ether oxygens (including phenoxy) is 1. The zero-order chi connectivity index (χ0) is 22.4. The Labute approximate surface area is 176 Å². The van der Waals surface area contributed by atoms with Crippen LogP contribution in [0.15, 0.2) is 27.4 Å². The van der Waals surface area contributed by atoms with E-state index < -0.39 is 29.6 Å².